The monoisotopic (exact) mass is 314 g/mol. The lowest BCUT2D eigenvalue weighted by molar-refractivity contribution is 0.0635. The summed E-state index contributed by atoms with van der Waals surface area (Å²) < 4.78 is 5.17. The molecular formula is C17H22N4O2. The third kappa shape index (κ3) is 5.58. The molecule has 6 nitrogen and oxygen atoms in total. The molecule has 0 radical (unpaired) electrons. The number of carbonyl (C=O) groups excluding carboxylic acids is 1. The summed E-state index contributed by atoms with van der Waals surface area (Å²) in [5.74, 6) is 1.08. The molecule has 0 fully saturated rings. The van der Waals surface area contributed by atoms with Crippen molar-refractivity contribution < 1.29 is 9.53 Å². The lowest BCUT2D eigenvalue weighted by atomic mass is 10.2. The molecule has 6 heteroatoms. The fourth-order valence-electron chi connectivity index (χ4n) is 1.94. The van der Waals surface area contributed by atoms with Crippen molar-refractivity contribution in [2.75, 3.05) is 17.3 Å². The van der Waals surface area contributed by atoms with Crippen molar-refractivity contribution >= 4 is 17.7 Å². The zero-order valence-electron chi connectivity index (χ0n) is 13.9. The predicted molar refractivity (Wildman–Crippen MR) is 90.4 cm³/mol. The maximum atomic E-state index is 11.7. The summed E-state index contributed by atoms with van der Waals surface area (Å²) in [5, 5.41) is 10.7. The number of nitrogens with one attached hydrogen (secondary N) is 1. The molecule has 0 aliphatic rings. The van der Waals surface area contributed by atoms with Crippen LogP contribution in [0.3, 0.4) is 0 Å². The van der Waals surface area contributed by atoms with Crippen LogP contribution in [0, 0.1) is 0 Å². The average Bonchev–Trinajstić information content (AvgIpc) is 2.47. The lowest BCUT2D eigenvalue weighted by Crippen LogP contribution is -2.27. The number of hydrogen-bond donors (Lipinski definition) is 1. The Morgan fingerprint density at radius 1 is 1.13 bits per heavy atom. The molecular weight excluding hydrogens is 292 g/mol. The van der Waals surface area contributed by atoms with Gasteiger partial charge in [-0.05, 0) is 38.5 Å². The van der Waals surface area contributed by atoms with Crippen LogP contribution in [0.5, 0.6) is 0 Å². The van der Waals surface area contributed by atoms with Crippen LogP contribution < -0.4 is 10.2 Å². The Bertz CT molecular complexity index is 636. The summed E-state index contributed by atoms with van der Waals surface area (Å²) in [6.45, 7) is 6.15. The van der Waals surface area contributed by atoms with E-state index in [0.717, 1.165) is 12.4 Å². The number of benzene rings is 1. The Kier molecular flexibility index (Phi) is 5.16. The van der Waals surface area contributed by atoms with Crippen molar-refractivity contribution in [3.8, 4) is 0 Å². The third-order valence-electron chi connectivity index (χ3n) is 2.93. The summed E-state index contributed by atoms with van der Waals surface area (Å²) in [4.78, 5) is 13.7. The van der Waals surface area contributed by atoms with Crippen LogP contribution in [0.2, 0.25) is 0 Å². The topological polar surface area (TPSA) is 67.4 Å². The van der Waals surface area contributed by atoms with Crippen molar-refractivity contribution in [2.45, 2.75) is 32.9 Å². The molecule has 2 rings (SSSR count). The van der Waals surface area contributed by atoms with Gasteiger partial charge >= 0.3 is 6.09 Å². The number of anilines is 2. The minimum Gasteiger partial charge on any atom is -0.444 e. The van der Waals surface area contributed by atoms with Gasteiger partial charge in [-0.3, -0.25) is 5.32 Å². The second-order valence-electron chi connectivity index (χ2n) is 6.25. The van der Waals surface area contributed by atoms with Gasteiger partial charge in [-0.25, -0.2) is 4.79 Å². The van der Waals surface area contributed by atoms with E-state index in [0.29, 0.717) is 5.82 Å². The predicted octanol–water partition coefficient (Wildman–Crippen LogP) is 3.46. The number of ether oxygens (including phenoxy) is 1. The highest BCUT2D eigenvalue weighted by Gasteiger charge is 2.16. The Hall–Kier alpha value is -2.63. The van der Waals surface area contributed by atoms with Gasteiger partial charge in [-0.1, -0.05) is 30.3 Å². The van der Waals surface area contributed by atoms with Crippen LogP contribution in [0.25, 0.3) is 0 Å². The molecule has 2 aromatic rings. The van der Waals surface area contributed by atoms with Gasteiger partial charge in [0, 0.05) is 13.6 Å². The van der Waals surface area contributed by atoms with Crippen LogP contribution >= 0.6 is 0 Å². The molecule has 0 saturated heterocycles. The molecule has 0 spiro atoms. The molecule has 0 saturated carbocycles. The molecule has 1 amide bonds. The first-order chi connectivity index (χ1) is 10.8. The molecule has 1 N–H and O–H groups in total. The Morgan fingerprint density at radius 2 is 1.83 bits per heavy atom. The zero-order valence-corrected chi connectivity index (χ0v) is 13.9. The quantitative estimate of drug-likeness (QED) is 0.936. The second-order valence-corrected chi connectivity index (χ2v) is 6.25. The molecule has 0 bridgehead atoms. The van der Waals surface area contributed by atoms with Crippen molar-refractivity contribution in [1.29, 1.82) is 0 Å². The minimum absolute atomic E-state index is 0.358. The van der Waals surface area contributed by atoms with Crippen molar-refractivity contribution in [3.05, 3.63) is 48.0 Å². The van der Waals surface area contributed by atoms with Gasteiger partial charge in [0.15, 0.2) is 11.6 Å². The summed E-state index contributed by atoms with van der Waals surface area (Å²) in [6.07, 6.45) is -0.544. The van der Waals surface area contributed by atoms with E-state index in [2.05, 4.69) is 27.6 Å². The molecule has 0 unspecified atom stereocenters. The first-order valence-corrected chi connectivity index (χ1v) is 7.42. The highest BCUT2D eigenvalue weighted by atomic mass is 16.6. The zero-order chi connectivity index (χ0) is 16.9. The Labute approximate surface area is 136 Å². The molecule has 0 aliphatic carbocycles. The number of amides is 1. The van der Waals surface area contributed by atoms with Crippen LogP contribution in [-0.4, -0.2) is 28.9 Å². The minimum atomic E-state index is -0.548. The van der Waals surface area contributed by atoms with E-state index in [-0.39, 0.29) is 0 Å². The molecule has 1 heterocycles. The number of carbonyl (C=O) groups is 1. The molecule has 1 aromatic heterocycles. The summed E-state index contributed by atoms with van der Waals surface area (Å²) in [7, 11) is 1.94. The lowest BCUT2D eigenvalue weighted by Gasteiger charge is -2.20. The summed E-state index contributed by atoms with van der Waals surface area (Å²) >= 11 is 0. The van der Waals surface area contributed by atoms with E-state index in [9.17, 15) is 4.79 Å². The van der Waals surface area contributed by atoms with Gasteiger partial charge < -0.3 is 9.64 Å². The molecule has 23 heavy (non-hydrogen) atoms. The normalized spacial score (nSPS) is 11.0. The summed E-state index contributed by atoms with van der Waals surface area (Å²) in [5.41, 5.74) is 0.639. The number of hydrogen-bond acceptors (Lipinski definition) is 5. The van der Waals surface area contributed by atoms with Crippen LogP contribution in [0.1, 0.15) is 26.3 Å². The Morgan fingerprint density at radius 3 is 2.39 bits per heavy atom. The molecule has 0 atom stereocenters. The van der Waals surface area contributed by atoms with Gasteiger partial charge in [0.1, 0.15) is 5.60 Å². The largest absolute Gasteiger partial charge is 0.444 e. The highest BCUT2D eigenvalue weighted by Crippen LogP contribution is 2.14. The first kappa shape index (κ1) is 16.7. The number of rotatable bonds is 4. The first-order valence-electron chi connectivity index (χ1n) is 7.42. The standard InChI is InChI=1S/C17H22N4O2/c1-17(2,3)23-16(22)18-14-10-11-15(20-19-14)21(4)12-13-8-6-5-7-9-13/h5-11H,12H2,1-4H3,(H,18,19,22). The van der Waals surface area contributed by atoms with E-state index < -0.39 is 11.7 Å². The van der Waals surface area contributed by atoms with Gasteiger partial charge in [-0.15, -0.1) is 10.2 Å². The fraction of sp³-hybridized carbons (Fsp3) is 0.353. The highest BCUT2D eigenvalue weighted by molar-refractivity contribution is 5.83. The van der Waals surface area contributed by atoms with E-state index in [1.54, 1.807) is 26.8 Å². The van der Waals surface area contributed by atoms with Crippen molar-refractivity contribution in [2.24, 2.45) is 0 Å². The number of aromatic nitrogens is 2. The second kappa shape index (κ2) is 7.09. The summed E-state index contributed by atoms with van der Waals surface area (Å²) in [6, 6.07) is 13.6. The maximum absolute atomic E-state index is 11.7. The molecule has 1 aromatic carbocycles. The molecule has 122 valence electrons. The average molecular weight is 314 g/mol. The van der Waals surface area contributed by atoms with E-state index >= 15 is 0 Å². The van der Waals surface area contributed by atoms with E-state index in [4.69, 9.17) is 4.74 Å². The maximum Gasteiger partial charge on any atom is 0.413 e. The van der Waals surface area contributed by atoms with Crippen molar-refractivity contribution in [3.63, 3.8) is 0 Å². The number of nitrogens with zero attached hydrogens (tertiary/aromatic N) is 3. The van der Waals surface area contributed by atoms with Gasteiger partial charge in [0.05, 0.1) is 0 Å². The van der Waals surface area contributed by atoms with Crippen LogP contribution in [-0.2, 0) is 11.3 Å². The molecule has 0 aliphatic heterocycles. The van der Waals surface area contributed by atoms with Gasteiger partial charge in [0.25, 0.3) is 0 Å². The van der Waals surface area contributed by atoms with E-state index in [1.807, 2.05) is 36.2 Å². The fourth-order valence-corrected chi connectivity index (χ4v) is 1.94. The SMILES string of the molecule is CN(Cc1ccccc1)c1ccc(NC(=O)OC(C)(C)C)nn1. The Balaban J connectivity index is 1.95. The van der Waals surface area contributed by atoms with Crippen LogP contribution in [0.15, 0.2) is 42.5 Å². The van der Waals surface area contributed by atoms with Gasteiger partial charge in [0.2, 0.25) is 0 Å². The van der Waals surface area contributed by atoms with Crippen molar-refractivity contribution in [1.82, 2.24) is 10.2 Å². The third-order valence-corrected chi connectivity index (χ3v) is 2.93. The smallest absolute Gasteiger partial charge is 0.413 e. The van der Waals surface area contributed by atoms with Crippen LogP contribution in [0.4, 0.5) is 16.4 Å². The van der Waals surface area contributed by atoms with E-state index in [1.165, 1.54) is 5.56 Å². The van der Waals surface area contributed by atoms with Gasteiger partial charge in [-0.2, -0.15) is 0 Å².